The number of amides is 4. The van der Waals surface area contributed by atoms with Gasteiger partial charge in [0, 0.05) is 24.5 Å². The summed E-state index contributed by atoms with van der Waals surface area (Å²) in [6, 6.07) is 8.80. The summed E-state index contributed by atoms with van der Waals surface area (Å²) in [6.07, 6.45) is 6.80. The zero-order valence-corrected chi connectivity index (χ0v) is 14.8. The van der Waals surface area contributed by atoms with Crippen LogP contribution in [0.15, 0.2) is 53.5 Å². The number of carbonyl (C=O) groups is 3. The summed E-state index contributed by atoms with van der Waals surface area (Å²) in [6.45, 7) is 0.182. The van der Waals surface area contributed by atoms with Gasteiger partial charge in [0.25, 0.3) is 11.8 Å². The second kappa shape index (κ2) is 7.92. The molecule has 0 unspecified atom stereocenters. The molecule has 0 radical (unpaired) electrons. The third kappa shape index (κ3) is 3.97. The lowest BCUT2D eigenvalue weighted by atomic mass is 10.1. The van der Waals surface area contributed by atoms with E-state index in [0.717, 1.165) is 10.5 Å². The Morgan fingerprint density at radius 2 is 1.81 bits per heavy atom. The summed E-state index contributed by atoms with van der Waals surface area (Å²) in [4.78, 5) is 46.0. The standard InChI is InChI=1S/C18H16N4O3S/c1-26-17-19-10-13(11-20-17)9-14-15(23)21-18(25)22(16(14)24)8-7-12-5-3-2-4-6-12/h2-6,9-11H,7-8H2,1H3,(H,21,23,25)/b14-9-. The lowest BCUT2D eigenvalue weighted by molar-refractivity contribution is -0.130. The highest BCUT2D eigenvalue weighted by atomic mass is 32.2. The number of barbiturate groups is 1. The van der Waals surface area contributed by atoms with E-state index in [4.69, 9.17) is 0 Å². The predicted molar refractivity (Wildman–Crippen MR) is 97.2 cm³/mol. The molecule has 0 atom stereocenters. The number of urea groups is 1. The average molecular weight is 368 g/mol. The molecule has 2 heterocycles. The number of nitrogens with zero attached hydrogens (tertiary/aromatic N) is 3. The molecule has 0 saturated carbocycles. The first-order valence-electron chi connectivity index (χ1n) is 7.87. The van der Waals surface area contributed by atoms with Crippen molar-refractivity contribution in [2.45, 2.75) is 11.6 Å². The Hall–Kier alpha value is -3.00. The molecule has 1 aliphatic heterocycles. The number of benzene rings is 1. The van der Waals surface area contributed by atoms with Crippen LogP contribution in [0.5, 0.6) is 0 Å². The lowest BCUT2D eigenvalue weighted by Crippen LogP contribution is -2.54. The molecule has 7 nitrogen and oxygen atoms in total. The summed E-state index contributed by atoms with van der Waals surface area (Å²) in [5, 5.41) is 2.79. The van der Waals surface area contributed by atoms with Crippen LogP contribution in [-0.2, 0) is 16.0 Å². The minimum Gasteiger partial charge on any atom is -0.273 e. The Bertz CT molecular complexity index is 866. The Balaban J connectivity index is 1.79. The van der Waals surface area contributed by atoms with E-state index in [1.807, 2.05) is 36.6 Å². The van der Waals surface area contributed by atoms with E-state index < -0.39 is 17.8 Å². The van der Waals surface area contributed by atoms with E-state index in [9.17, 15) is 14.4 Å². The summed E-state index contributed by atoms with van der Waals surface area (Å²) in [5.74, 6) is -1.34. The molecule has 2 aromatic rings. The highest BCUT2D eigenvalue weighted by molar-refractivity contribution is 7.98. The summed E-state index contributed by atoms with van der Waals surface area (Å²) < 4.78 is 0. The lowest BCUT2D eigenvalue weighted by Gasteiger charge is -2.26. The number of rotatable bonds is 5. The molecule has 1 fully saturated rings. The smallest absolute Gasteiger partial charge is 0.273 e. The largest absolute Gasteiger partial charge is 0.331 e. The van der Waals surface area contributed by atoms with Crippen LogP contribution in [0.2, 0.25) is 0 Å². The number of imide groups is 2. The van der Waals surface area contributed by atoms with E-state index in [-0.39, 0.29) is 12.1 Å². The van der Waals surface area contributed by atoms with Gasteiger partial charge in [-0.2, -0.15) is 0 Å². The third-order valence-electron chi connectivity index (χ3n) is 3.79. The molecule has 1 aromatic heterocycles. The SMILES string of the molecule is CSc1ncc(/C=C2/C(=O)NC(=O)N(CCc3ccccc3)C2=O)cn1. The molecule has 1 saturated heterocycles. The van der Waals surface area contributed by atoms with Gasteiger partial charge in [-0.3, -0.25) is 19.8 Å². The highest BCUT2D eigenvalue weighted by Gasteiger charge is 2.35. The minimum absolute atomic E-state index is 0.113. The molecular weight excluding hydrogens is 352 g/mol. The van der Waals surface area contributed by atoms with Gasteiger partial charge in [0.05, 0.1) is 0 Å². The Morgan fingerprint density at radius 1 is 1.12 bits per heavy atom. The van der Waals surface area contributed by atoms with Gasteiger partial charge in [-0.25, -0.2) is 14.8 Å². The van der Waals surface area contributed by atoms with Gasteiger partial charge in [-0.05, 0) is 24.3 Å². The van der Waals surface area contributed by atoms with Crippen molar-refractivity contribution in [3.05, 3.63) is 59.4 Å². The van der Waals surface area contributed by atoms with Gasteiger partial charge in [-0.15, -0.1) is 0 Å². The average Bonchev–Trinajstić information content (AvgIpc) is 2.66. The van der Waals surface area contributed by atoms with Crippen molar-refractivity contribution in [1.82, 2.24) is 20.2 Å². The first kappa shape index (κ1) is 17.8. The number of nitrogens with one attached hydrogen (secondary N) is 1. The van der Waals surface area contributed by atoms with Gasteiger partial charge < -0.3 is 0 Å². The van der Waals surface area contributed by atoms with Crippen LogP contribution in [0, 0.1) is 0 Å². The summed E-state index contributed by atoms with van der Waals surface area (Å²) >= 11 is 1.39. The Labute approximate surface area is 154 Å². The Morgan fingerprint density at radius 3 is 2.46 bits per heavy atom. The van der Waals surface area contributed by atoms with Crippen molar-refractivity contribution in [1.29, 1.82) is 0 Å². The zero-order valence-electron chi connectivity index (χ0n) is 14.0. The topological polar surface area (TPSA) is 92.3 Å². The van der Waals surface area contributed by atoms with Crippen LogP contribution in [0.3, 0.4) is 0 Å². The molecule has 8 heteroatoms. The Kier molecular flexibility index (Phi) is 5.43. The second-order valence-corrected chi connectivity index (χ2v) is 6.29. The first-order chi connectivity index (χ1) is 12.6. The van der Waals surface area contributed by atoms with Crippen LogP contribution in [0.1, 0.15) is 11.1 Å². The molecule has 1 aromatic carbocycles. The van der Waals surface area contributed by atoms with Crippen LogP contribution in [-0.4, -0.2) is 45.5 Å². The van der Waals surface area contributed by atoms with Gasteiger partial charge in [0.1, 0.15) is 5.57 Å². The molecule has 4 amide bonds. The number of carbonyl (C=O) groups excluding carboxylic acids is 3. The fourth-order valence-corrected chi connectivity index (χ4v) is 2.77. The monoisotopic (exact) mass is 368 g/mol. The van der Waals surface area contributed by atoms with E-state index in [2.05, 4.69) is 15.3 Å². The zero-order chi connectivity index (χ0) is 18.5. The molecule has 0 aliphatic carbocycles. The van der Waals surface area contributed by atoms with Gasteiger partial charge >= 0.3 is 6.03 Å². The molecule has 0 bridgehead atoms. The number of thioether (sulfide) groups is 1. The van der Waals surface area contributed by atoms with Crippen LogP contribution >= 0.6 is 11.8 Å². The van der Waals surface area contributed by atoms with Gasteiger partial charge in [-0.1, -0.05) is 42.1 Å². The molecule has 132 valence electrons. The van der Waals surface area contributed by atoms with Crippen LogP contribution in [0.4, 0.5) is 4.79 Å². The fourth-order valence-electron chi connectivity index (χ4n) is 2.46. The maximum atomic E-state index is 12.6. The van der Waals surface area contributed by atoms with Crippen molar-refractivity contribution >= 4 is 35.7 Å². The molecule has 26 heavy (non-hydrogen) atoms. The molecule has 1 aliphatic rings. The highest BCUT2D eigenvalue weighted by Crippen LogP contribution is 2.15. The minimum atomic E-state index is -0.718. The van der Waals surface area contributed by atoms with Crippen molar-refractivity contribution in [3.8, 4) is 0 Å². The molecular formula is C18H16N4O3S. The molecule has 1 N–H and O–H groups in total. The quantitative estimate of drug-likeness (QED) is 0.375. The molecule has 0 spiro atoms. The normalized spacial score (nSPS) is 16.1. The number of hydrogen-bond acceptors (Lipinski definition) is 6. The number of aromatic nitrogens is 2. The fraction of sp³-hybridized carbons (Fsp3) is 0.167. The second-order valence-electron chi connectivity index (χ2n) is 5.51. The molecule has 3 rings (SSSR count). The maximum absolute atomic E-state index is 12.6. The van der Waals surface area contributed by atoms with Crippen molar-refractivity contribution in [3.63, 3.8) is 0 Å². The summed E-state index contributed by atoms with van der Waals surface area (Å²) in [7, 11) is 0. The van der Waals surface area contributed by atoms with Crippen molar-refractivity contribution in [2.24, 2.45) is 0 Å². The van der Waals surface area contributed by atoms with Crippen molar-refractivity contribution in [2.75, 3.05) is 12.8 Å². The van der Waals surface area contributed by atoms with E-state index in [1.165, 1.54) is 30.2 Å². The van der Waals surface area contributed by atoms with Gasteiger partial charge in [0.15, 0.2) is 5.16 Å². The van der Waals surface area contributed by atoms with E-state index in [1.54, 1.807) is 0 Å². The van der Waals surface area contributed by atoms with Gasteiger partial charge in [0.2, 0.25) is 0 Å². The van der Waals surface area contributed by atoms with E-state index >= 15 is 0 Å². The third-order valence-corrected chi connectivity index (χ3v) is 4.37. The maximum Gasteiger partial charge on any atom is 0.331 e. The predicted octanol–water partition coefficient (Wildman–Crippen LogP) is 1.90. The van der Waals surface area contributed by atoms with E-state index in [0.29, 0.717) is 17.1 Å². The summed E-state index contributed by atoms with van der Waals surface area (Å²) in [5.41, 5.74) is 1.40. The van der Waals surface area contributed by atoms with Crippen molar-refractivity contribution < 1.29 is 14.4 Å². The number of hydrogen-bond donors (Lipinski definition) is 1. The van der Waals surface area contributed by atoms with Crippen LogP contribution in [0.25, 0.3) is 6.08 Å². The first-order valence-corrected chi connectivity index (χ1v) is 9.10. The van der Waals surface area contributed by atoms with Crippen LogP contribution < -0.4 is 5.32 Å².